The lowest BCUT2D eigenvalue weighted by Crippen LogP contribution is -2.44. The Labute approximate surface area is 187 Å². The summed E-state index contributed by atoms with van der Waals surface area (Å²) in [6, 6.07) is 5.99. The van der Waals surface area contributed by atoms with Gasteiger partial charge in [0.05, 0.1) is 12.8 Å². The fraction of sp³-hybridized carbons (Fsp3) is 0.500. The van der Waals surface area contributed by atoms with Crippen LogP contribution in [0.5, 0.6) is 5.75 Å². The van der Waals surface area contributed by atoms with Crippen LogP contribution in [0, 0.1) is 0 Å². The quantitative estimate of drug-likeness (QED) is 0.347. The van der Waals surface area contributed by atoms with Gasteiger partial charge in [-0.05, 0) is 31.5 Å². The number of nitrogens with one attached hydrogen (secondary N) is 2. The van der Waals surface area contributed by atoms with Gasteiger partial charge in [0.25, 0.3) is 0 Å². The number of hydrogen-bond acceptors (Lipinski definition) is 5. The lowest BCUT2D eigenvalue weighted by Gasteiger charge is -2.22. The van der Waals surface area contributed by atoms with Gasteiger partial charge in [0, 0.05) is 37.7 Å². The average molecular weight is 520 g/mol. The molecule has 0 amide bonds. The van der Waals surface area contributed by atoms with Crippen molar-refractivity contribution in [1.29, 1.82) is 0 Å². The van der Waals surface area contributed by atoms with Crippen molar-refractivity contribution in [2.45, 2.75) is 25.9 Å². The molecule has 0 saturated carbocycles. The van der Waals surface area contributed by atoms with Crippen molar-refractivity contribution in [2.24, 2.45) is 12.0 Å². The zero-order chi connectivity index (χ0) is 19.2. The number of aryl methyl sites for hydroxylation is 1. The van der Waals surface area contributed by atoms with E-state index in [4.69, 9.17) is 16.3 Å². The van der Waals surface area contributed by atoms with Crippen molar-refractivity contribution in [3.8, 4) is 5.75 Å². The van der Waals surface area contributed by atoms with Crippen LogP contribution in [-0.4, -0.2) is 53.5 Å². The molecule has 2 N–H and O–H groups in total. The molecule has 154 valence electrons. The molecule has 1 aliphatic heterocycles. The lowest BCUT2D eigenvalue weighted by atomic mass is 10.2. The summed E-state index contributed by atoms with van der Waals surface area (Å²) >= 11 is 6.18. The number of anilines is 1. The molecule has 1 aromatic heterocycles. The highest BCUT2D eigenvalue weighted by molar-refractivity contribution is 14.0. The van der Waals surface area contributed by atoms with Crippen molar-refractivity contribution in [3.05, 3.63) is 35.4 Å². The molecule has 1 atom stereocenters. The van der Waals surface area contributed by atoms with Crippen molar-refractivity contribution in [3.63, 3.8) is 0 Å². The second kappa shape index (κ2) is 10.7. The van der Waals surface area contributed by atoms with Crippen molar-refractivity contribution in [2.75, 3.05) is 31.6 Å². The zero-order valence-corrected chi connectivity index (χ0v) is 19.4. The molecule has 1 saturated heterocycles. The first-order valence-electron chi connectivity index (χ1n) is 9.07. The summed E-state index contributed by atoms with van der Waals surface area (Å²) in [5.41, 5.74) is 1.02. The van der Waals surface area contributed by atoms with Gasteiger partial charge in [0.2, 0.25) is 0 Å². The topological polar surface area (TPSA) is 79.6 Å². The molecule has 2 aromatic rings. The highest BCUT2D eigenvalue weighted by atomic mass is 127. The van der Waals surface area contributed by atoms with E-state index in [1.54, 1.807) is 13.4 Å². The van der Waals surface area contributed by atoms with E-state index in [1.165, 1.54) is 0 Å². The Hall–Kier alpha value is -1.75. The number of nitrogens with zero attached hydrogens (tertiary/aromatic N) is 5. The molecule has 0 aliphatic carbocycles. The number of rotatable bonds is 6. The molecule has 1 aromatic carbocycles. The van der Waals surface area contributed by atoms with Crippen molar-refractivity contribution < 1.29 is 4.74 Å². The number of halogens is 2. The average Bonchev–Trinajstić information content (AvgIpc) is 3.29. The fourth-order valence-corrected chi connectivity index (χ4v) is 3.29. The molecule has 10 heteroatoms. The van der Waals surface area contributed by atoms with Crippen molar-refractivity contribution >= 4 is 47.2 Å². The Bertz CT molecular complexity index is 798. The summed E-state index contributed by atoms with van der Waals surface area (Å²) in [7, 11) is 3.60. The van der Waals surface area contributed by atoms with Crippen LogP contribution in [0.4, 0.5) is 5.69 Å². The van der Waals surface area contributed by atoms with E-state index >= 15 is 0 Å². The Balaban J connectivity index is 0.00000280. The molecular weight excluding hydrogens is 493 g/mol. The minimum Gasteiger partial charge on any atom is -0.495 e. The van der Waals surface area contributed by atoms with Gasteiger partial charge < -0.3 is 24.8 Å². The molecule has 1 unspecified atom stereocenters. The Morgan fingerprint density at radius 2 is 2.25 bits per heavy atom. The maximum Gasteiger partial charge on any atom is 0.191 e. The van der Waals surface area contributed by atoms with Gasteiger partial charge in [-0.1, -0.05) is 11.6 Å². The molecule has 1 fully saturated rings. The van der Waals surface area contributed by atoms with Crippen LogP contribution >= 0.6 is 35.6 Å². The van der Waals surface area contributed by atoms with E-state index in [-0.39, 0.29) is 30.0 Å². The first-order chi connectivity index (χ1) is 13.1. The van der Waals surface area contributed by atoms with Gasteiger partial charge in [0.15, 0.2) is 11.8 Å². The van der Waals surface area contributed by atoms with Crippen LogP contribution < -0.4 is 20.3 Å². The summed E-state index contributed by atoms with van der Waals surface area (Å²) in [6.45, 7) is 5.10. The number of ether oxygens (including phenoxy) is 1. The van der Waals surface area contributed by atoms with Gasteiger partial charge in [-0.25, -0.2) is 4.99 Å². The molecule has 1 aliphatic rings. The standard InChI is InChI=1S/C18H26ClN7O.HI/c1-4-20-18(21-10-17-24-22-12-25(17)2)23-14-7-8-26(11-14)15-9-13(19)5-6-16(15)27-3;/h5-6,9,12,14H,4,7-8,10-11H2,1-3H3,(H2,20,21,23);1H. The van der Waals surface area contributed by atoms with E-state index in [1.807, 2.05) is 29.8 Å². The SMILES string of the molecule is CCNC(=NCc1nncn1C)NC1CCN(c2cc(Cl)ccc2OC)C1.I. The van der Waals surface area contributed by atoms with E-state index in [0.29, 0.717) is 11.6 Å². The van der Waals surface area contributed by atoms with Gasteiger partial charge in [-0.15, -0.1) is 34.2 Å². The van der Waals surface area contributed by atoms with Gasteiger partial charge in [-0.3, -0.25) is 0 Å². The third-order valence-electron chi connectivity index (χ3n) is 4.54. The van der Waals surface area contributed by atoms with Gasteiger partial charge in [0.1, 0.15) is 18.6 Å². The number of aliphatic imine (C=N–C) groups is 1. The van der Waals surface area contributed by atoms with Crippen LogP contribution in [0.2, 0.25) is 5.02 Å². The summed E-state index contributed by atoms with van der Waals surface area (Å²) in [4.78, 5) is 6.92. The van der Waals surface area contributed by atoms with Crippen molar-refractivity contribution in [1.82, 2.24) is 25.4 Å². The monoisotopic (exact) mass is 519 g/mol. The highest BCUT2D eigenvalue weighted by Crippen LogP contribution is 2.33. The van der Waals surface area contributed by atoms with Crippen LogP contribution in [0.25, 0.3) is 0 Å². The van der Waals surface area contributed by atoms with Crippen LogP contribution in [0.15, 0.2) is 29.5 Å². The van der Waals surface area contributed by atoms with E-state index < -0.39 is 0 Å². The van der Waals surface area contributed by atoms with Gasteiger partial charge in [-0.2, -0.15) is 0 Å². The zero-order valence-electron chi connectivity index (χ0n) is 16.4. The molecule has 0 radical (unpaired) electrons. The number of methoxy groups -OCH3 is 1. The van der Waals surface area contributed by atoms with Crippen LogP contribution in [0.3, 0.4) is 0 Å². The normalized spacial score (nSPS) is 16.6. The summed E-state index contributed by atoms with van der Waals surface area (Å²) < 4.78 is 7.36. The Morgan fingerprint density at radius 3 is 2.93 bits per heavy atom. The van der Waals surface area contributed by atoms with Crippen LogP contribution in [0.1, 0.15) is 19.2 Å². The minimum atomic E-state index is 0. The second-order valence-electron chi connectivity index (χ2n) is 6.45. The molecule has 0 spiro atoms. The Morgan fingerprint density at radius 1 is 1.43 bits per heavy atom. The van der Waals surface area contributed by atoms with Crippen LogP contribution in [-0.2, 0) is 13.6 Å². The maximum absolute atomic E-state index is 6.18. The molecular formula is C18H27ClIN7O. The molecule has 28 heavy (non-hydrogen) atoms. The third kappa shape index (κ3) is 5.63. The molecule has 3 rings (SSSR count). The predicted octanol–water partition coefficient (Wildman–Crippen LogP) is 2.43. The summed E-state index contributed by atoms with van der Waals surface area (Å²) in [6.07, 6.45) is 2.68. The molecule has 0 bridgehead atoms. The fourth-order valence-electron chi connectivity index (χ4n) is 3.12. The number of aromatic nitrogens is 3. The summed E-state index contributed by atoms with van der Waals surface area (Å²) in [5.74, 6) is 2.44. The number of hydrogen-bond donors (Lipinski definition) is 2. The van der Waals surface area contributed by atoms with E-state index in [9.17, 15) is 0 Å². The minimum absolute atomic E-state index is 0. The number of guanidine groups is 1. The lowest BCUT2D eigenvalue weighted by molar-refractivity contribution is 0.415. The summed E-state index contributed by atoms with van der Waals surface area (Å²) in [5, 5.41) is 15.5. The second-order valence-corrected chi connectivity index (χ2v) is 6.88. The molecule has 8 nitrogen and oxygen atoms in total. The first-order valence-corrected chi connectivity index (χ1v) is 9.44. The predicted molar refractivity (Wildman–Crippen MR) is 123 cm³/mol. The van der Waals surface area contributed by atoms with E-state index in [2.05, 4.69) is 37.6 Å². The van der Waals surface area contributed by atoms with E-state index in [0.717, 1.165) is 49.3 Å². The highest BCUT2D eigenvalue weighted by Gasteiger charge is 2.25. The first kappa shape index (κ1) is 22.5. The van der Waals surface area contributed by atoms with Gasteiger partial charge >= 0.3 is 0 Å². The Kier molecular flexibility index (Phi) is 8.61. The number of benzene rings is 1. The smallest absolute Gasteiger partial charge is 0.191 e. The molecule has 2 heterocycles. The largest absolute Gasteiger partial charge is 0.495 e. The maximum atomic E-state index is 6.18. The third-order valence-corrected chi connectivity index (χ3v) is 4.77.